The molecule has 3 amide bonds. The number of hydrogen-bond acceptors (Lipinski definition) is 5. The van der Waals surface area contributed by atoms with Gasteiger partial charge in [0.2, 0.25) is 5.91 Å². The molecule has 10 heteroatoms. The van der Waals surface area contributed by atoms with Gasteiger partial charge in [-0.3, -0.25) is 20.0 Å². The molecule has 0 aliphatic heterocycles. The molecule has 0 aliphatic rings. The second-order valence-electron chi connectivity index (χ2n) is 5.80. The summed E-state index contributed by atoms with van der Waals surface area (Å²) < 4.78 is 0. The van der Waals surface area contributed by atoms with E-state index in [9.17, 15) is 14.4 Å². The van der Waals surface area contributed by atoms with Gasteiger partial charge in [0.1, 0.15) is 5.84 Å². The quantitative estimate of drug-likeness (QED) is 0.290. The van der Waals surface area contributed by atoms with Crippen LogP contribution in [-0.2, 0) is 9.59 Å². The highest BCUT2D eigenvalue weighted by Gasteiger charge is 2.18. The van der Waals surface area contributed by atoms with Crippen molar-refractivity contribution < 1.29 is 19.5 Å². The van der Waals surface area contributed by atoms with Crippen LogP contribution >= 0.6 is 0 Å². The number of hydrogen-bond donors (Lipinski definition) is 6. The Morgan fingerprint density at radius 3 is 2.46 bits per heavy atom. The third-order valence-corrected chi connectivity index (χ3v) is 3.66. The number of nitrogen functional groups attached to an aromatic ring is 1. The van der Waals surface area contributed by atoms with E-state index in [2.05, 4.69) is 20.9 Å². The molecule has 0 saturated carbocycles. The van der Waals surface area contributed by atoms with Crippen LogP contribution in [-0.4, -0.2) is 40.4 Å². The molecule has 1 heterocycles. The molecule has 0 aliphatic carbocycles. The highest BCUT2D eigenvalue weighted by Crippen LogP contribution is 2.15. The maximum atomic E-state index is 12.1. The number of nitrogens with one attached hydrogen (secondary N) is 4. The Bertz CT molecular complexity index is 854. The number of benzene rings is 1. The van der Waals surface area contributed by atoms with Crippen molar-refractivity contribution in [2.24, 2.45) is 5.73 Å². The number of carbonyl (C=O) groups excluding carboxylic acids is 2. The smallest absolute Gasteiger partial charge is 0.319 e. The lowest BCUT2D eigenvalue weighted by Gasteiger charge is -2.17. The standard InChI is InChI=1S/C18H20N6O4/c19-17(20)11-3-5-13(6-4-11)23-18(28)22-10-15(25)24-14(8-16(26)27)12-2-1-7-21-9-12/h1-7,9,14H,8,10H2,(H3,19,20)(H,24,25)(H,26,27)(H2,22,23,28)/t14-/m0/s1. The normalized spacial score (nSPS) is 11.1. The lowest BCUT2D eigenvalue weighted by Crippen LogP contribution is -2.40. The van der Waals surface area contributed by atoms with E-state index >= 15 is 0 Å². The topological polar surface area (TPSA) is 170 Å². The Morgan fingerprint density at radius 2 is 1.89 bits per heavy atom. The molecule has 10 nitrogen and oxygen atoms in total. The van der Waals surface area contributed by atoms with Gasteiger partial charge in [0.05, 0.1) is 19.0 Å². The zero-order valence-electron chi connectivity index (χ0n) is 14.8. The zero-order chi connectivity index (χ0) is 20.5. The summed E-state index contributed by atoms with van der Waals surface area (Å²) in [7, 11) is 0. The van der Waals surface area contributed by atoms with Crippen LogP contribution in [0, 0.1) is 5.41 Å². The first-order chi connectivity index (χ1) is 13.3. The van der Waals surface area contributed by atoms with Crippen LogP contribution in [0.2, 0.25) is 0 Å². The van der Waals surface area contributed by atoms with Gasteiger partial charge in [-0.15, -0.1) is 0 Å². The van der Waals surface area contributed by atoms with Gasteiger partial charge >= 0.3 is 12.0 Å². The van der Waals surface area contributed by atoms with Gasteiger partial charge in [0.15, 0.2) is 0 Å². The number of aromatic nitrogens is 1. The zero-order valence-corrected chi connectivity index (χ0v) is 14.8. The van der Waals surface area contributed by atoms with Gasteiger partial charge in [-0.2, -0.15) is 0 Å². The van der Waals surface area contributed by atoms with Gasteiger partial charge in [-0.25, -0.2) is 4.79 Å². The second kappa shape index (κ2) is 9.67. The Balaban J connectivity index is 1.86. The maximum absolute atomic E-state index is 12.1. The first-order valence-electron chi connectivity index (χ1n) is 8.25. The Morgan fingerprint density at radius 1 is 1.18 bits per heavy atom. The minimum Gasteiger partial charge on any atom is -0.481 e. The Labute approximate surface area is 160 Å². The lowest BCUT2D eigenvalue weighted by atomic mass is 10.1. The van der Waals surface area contributed by atoms with E-state index < -0.39 is 23.9 Å². The number of amides is 3. The summed E-state index contributed by atoms with van der Waals surface area (Å²) in [5.41, 5.74) is 6.88. The van der Waals surface area contributed by atoms with Crippen molar-refractivity contribution in [1.29, 1.82) is 5.41 Å². The number of rotatable bonds is 8. The molecule has 0 radical (unpaired) electrons. The van der Waals surface area contributed by atoms with Crippen LogP contribution in [0.3, 0.4) is 0 Å². The summed E-state index contributed by atoms with van der Waals surface area (Å²) in [6, 6.07) is 8.23. The van der Waals surface area contributed by atoms with Crippen LogP contribution in [0.15, 0.2) is 48.8 Å². The second-order valence-corrected chi connectivity index (χ2v) is 5.80. The van der Waals surface area contributed by atoms with E-state index in [1.807, 2.05) is 0 Å². The Kier molecular flexibility index (Phi) is 7.03. The van der Waals surface area contributed by atoms with Crippen molar-refractivity contribution in [3.8, 4) is 0 Å². The molecule has 1 atom stereocenters. The molecule has 2 aromatic rings. The van der Waals surface area contributed by atoms with E-state index in [4.69, 9.17) is 16.2 Å². The summed E-state index contributed by atoms with van der Waals surface area (Å²) in [6.07, 6.45) is 2.70. The largest absolute Gasteiger partial charge is 0.481 e. The molecule has 7 N–H and O–H groups in total. The van der Waals surface area contributed by atoms with E-state index in [0.29, 0.717) is 16.8 Å². The SMILES string of the molecule is N=C(N)c1ccc(NC(=O)NCC(=O)N[C@@H](CC(=O)O)c2cccnc2)cc1. The minimum atomic E-state index is -1.08. The third-order valence-electron chi connectivity index (χ3n) is 3.66. The molecule has 0 fully saturated rings. The summed E-state index contributed by atoms with van der Waals surface area (Å²) in [4.78, 5) is 38.9. The number of amidine groups is 1. The first kappa shape index (κ1) is 20.4. The number of nitrogens with two attached hydrogens (primary N) is 1. The summed E-state index contributed by atoms with van der Waals surface area (Å²) in [6.45, 7) is -0.340. The number of carboxylic acid groups (broad SMARTS) is 1. The fourth-order valence-corrected chi connectivity index (χ4v) is 2.32. The van der Waals surface area contributed by atoms with Gasteiger partial charge < -0.3 is 26.8 Å². The van der Waals surface area contributed by atoms with Gasteiger partial charge in [-0.05, 0) is 35.9 Å². The molecule has 0 bridgehead atoms. The number of carbonyl (C=O) groups is 3. The lowest BCUT2D eigenvalue weighted by molar-refractivity contribution is -0.137. The average molecular weight is 384 g/mol. The molecule has 2 rings (SSSR count). The summed E-state index contributed by atoms with van der Waals surface area (Å²) in [5, 5.41) is 23.8. The van der Waals surface area contributed by atoms with Crippen LogP contribution < -0.4 is 21.7 Å². The molecular weight excluding hydrogens is 364 g/mol. The molecule has 0 saturated heterocycles. The molecular formula is C18H20N6O4. The fraction of sp³-hybridized carbons (Fsp3) is 0.167. The number of anilines is 1. The maximum Gasteiger partial charge on any atom is 0.319 e. The number of carboxylic acids is 1. The highest BCUT2D eigenvalue weighted by atomic mass is 16.4. The Hall–Kier alpha value is -3.95. The first-order valence-corrected chi connectivity index (χ1v) is 8.25. The van der Waals surface area contributed by atoms with E-state index in [1.165, 1.54) is 12.4 Å². The third kappa shape index (κ3) is 6.41. The minimum absolute atomic E-state index is 0.0859. The number of aliphatic carboxylic acids is 1. The monoisotopic (exact) mass is 384 g/mol. The predicted molar refractivity (Wildman–Crippen MR) is 102 cm³/mol. The molecule has 0 spiro atoms. The number of nitrogens with zero attached hydrogens (tertiary/aromatic N) is 1. The van der Waals surface area contributed by atoms with Gasteiger partial charge in [0, 0.05) is 23.6 Å². The molecule has 1 aromatic heterocycles. The van der Waals surface area contributed by atoms with Crippen LogP contribution in [0.4, 0.5) is 10.5 Å². The molecule has 28 heavy (non-hydrogen) atoms. The van der Waals surface area contributed by atoms with Crippen LogP contribution in [0.5, 0.6) is 0 Å². The molecule has 0 unspecified atom stereocenters. The highest BCUT2D eigenvalue weighted by molar-refractivity contribution is 5.96. The summed E-state index contributed by atoms with van der Waals surface area (Å²) >= 11 is 0. The van der Waals surface area contributed by atoms with Crippen molar-refractivity contribution in [2.75, 3.05) is 11.9 Å². The van der Waals surface area contributed by atoms with E-state index in [1.54, 1.807) is 36.4 Å². The van der Waals surface area contributed by atoms with Crippen molar-refractivity contribution in [3.05, 3.63) is 59.9 Å². The van der Waals surface area contributed by atoms with Gasteiger partial charge in [0.25, 0.3) is 0 Å². The fourth-order valence-electron chi connectivity index (χ4n) is 2.32. The van der Waals surface area contributed by atoms with Gasteiger partial charge in [-0.1, -0.05) is 6.07 Å². The molecule has 1 aromatic carbocycles. The number of pyridine rings is 1. The van der Waals surface area contributed by atoms with Crippen LogP contribution in [0.25, 0.3) is 0 Å². The van der Waals surface area contributed by atoms with Crippen LogP contribution in [0.1, 0.15) is 23.6 Å². The average Bonchev–Trinajstić information content (AvgIpc) is 2.66. The summed E-state index contributed by atoms with van der Waals surface area (Å²) in [5.74, 6) is -1.71. The van der Waals surface area contributed by atoms with Crippen molar-refractivity contribution in [1.82, 2.24) is 15.6 Å². The van der Waals surface area contributed by atoms with Crippen molar-refractivity contribution >= 4 is 29.4 Å². The van der Waals surface area contributed by atoms with Crippen molar-refractivity contribution in [3.63, 3.8) is 0 Å². The predicted octanol–water partition coefficient (Wildman–Crippen LogP) is 0.819. The molecule has 146 valence electrons. The van der Waals surface area contributed by atoms with Crippen molar-refractivity contribution in [2.45, 2.75) is 12.5 Å². The van der Waals surface area contributed by atoms with E-state index in [-0.39, 0.29) is 18.8 Å². The number of urea groups is 1. The van der Waals surface area contributed by atoms with E-state index in [0.717, 1.165) is 0 Å².